The molecule has 2 rings (SSSR count). The average molecular weight is 379 g/mol. The van der Waals surface area contributed by atoms with Gasteiger partial charge in [-0.15, -0.1) is 0 Å². The predicted octanol–water partition coefficient (Wildman–Crippen LogP) is 3.40. The fourth-order valence-electron chi connectivity index (χ4n) is 2.77. The highest BCUT2D eigenvalue weighted by Crippen LogP contribution is 2.30. The van der Waals surface area contributed by atoms with Gasteiger partial charge in [0.15, 0.2) is 0 Å². The van der Waals surface area contributed by atoms with Gasteiger partial charge in [-0.3, -0.25) is 0 Å². The fraction of sp³-hybridized carbons (Fsp3) is 0.688. The molecule has 1 aromatic heterocycles. The van der Waals surface area contributed by atoms with Crippen molar-refractivity contribution in [2.45, 2.75) is 57.0 Å². The van der Waals surface area contributed by atoms with Gasteiger partial charge in [0, 0.05) is 18.8 Å². The summed E-state index contributed by atoms with van der Waals surface area (Å²) in [4.78, 5) is 3.82. The number of anilines is 1. The van der Waals surface area contributed by atoms with Crippen molar-refractivity contribution in [3.8, 4) is 0 Å². The van der Waals surface area contributed by atoms with Crippen LogP contribution >= 0.6 is 0 Å². The van der Waals surface area contributed by atoms with Gasteiger partial charge in [-0.1, -0.05) is 0 Å². The number of aromatic nitrogens is 1. The molecule has 0 aromatic carbocycles. The van der Waals surface area contributed by atoms with Crippen LogP contribution < -0.4 is 10.0 Å². The van der Waals surface area contributed by atoms with Crippen molar-refractivity contribution in [3.05, 3.63) is 23.9 Å². The van der Waals surface area contributed by atoms with Gasteiger partial charge in [0.05, 0.1) is 10.8 Å². The van der Waals surface area contributed by atoms with Crippen molar-refractivity contribution >= 4 is 15.8 Å². The molecule has 1 saturated carbocycles. The first-order valence-corrected chi connectivity index (χ1v) is 9.91. The zero-order valence-corrected chi connectivity index (χ0v) is 15.1. The first-order valence-electron chi connectivity index (χ1n) is 8.36. The number of nitrogens with zero attached hydrogens (tertiary/aromatic N) is 1. The van der Waals surface area contributed by atoms with E-state index in [1.54, 1.807) is 13.8 Å². The highest BCUT2D eigenvalue weighted by atomic mass is 32.2. The smallest absolute Gasteiger partial charge is 0.367 e. The van der Waals surface area contributed by atoms with Crippen LogP contribution in [0.2, 0.25) is 0 Å². The molecule has 0 aliphatic heterocycles. The summed E-state index contributed by atoms with van der Waals surface area (Å²) in [5.41, 5.74) is -0.765. The summed E-state index contributed by atoms with van der Waals surface area (Å²) in [6.07, 6.45) is -0.174. The van der Waals surface area contributed by atoms with E-state index in [1.807, 2.05) is 0 Å². The van der Waals surface area contributed by atoms with Crippen LogP contribution in [0.1, 0.15) is 45.1 Å². The third-order valence-corrected chi connectivity index (χ3v) is 6.29. The van der Waals surface area contributed by atoms with Crippen molar-refractivity contribution in [2.75, 3.05) is 11.9 Å². The van der Waals surface area contributed by atoms with Crippen LogP contribution in [0.4, 0.5) is 19.0 Å². The Morgan fingerprint density at radius 3 is 2.32 bits per heavy atom. The summed E-state index contributed by atoms with van der Waals surface area (Å²) >= 11 is 0. The highest BCUT2D eigenvalue weighted by molar-refractivity contribution is 7.90. The Morgan fingerprint density at radius 1 is 1.20 bits per heavy atom. The molecule has 1 aromatic rings. The summed E-state index contributed by atoms with van der Waals surface area (Å²) < 4.78 is 63.7. The second-order valence-corrected chi connectivity index (χ2v) is 9.06. The van der Waals surface area contributed by atoms with Crippen LogP contribution in [0.25, 0.3) is 0 Å². The normalized spacial score (nSPS) is 22.2. The molecule has 2 N–H and O–H groups in total. The number of rotatable bonds is 6. The summed E-state index contributed by atoms with van der Waals surface area (Å²) in [5.74, 6) is 0.712. The first-order chi connectivity index (χ1) is 11.6. The topological polar surface area (TPSA) is 71.1 Å². The average Bonchev–Trinajstić information content (AvgIpc) is 2.54. The van der Waals surface area contributed by atoms with Crippen LogP contribution in [-0.4, -0.2) is 31.2 Å². The van der Waals surface area contributed by atoms with E-state index < -0.39 is 27.0 Å². The Morgan fingerprint density at radius 2 is 1.84 bits per heavy atom. The van der Waals surface area contributed by atoms with Crippen LogP contribution in [0, 0.1) is 5.92 Å². The molecule has 0 spiro atoms. The highest BCUT2D eigenvalue weighted by Gasteiger charge is 2.31. The molecule has 1 aliphatic carbocycles. The molecule has 1 heterocycles. The van der Waals surface area contributed by atoms with E-state index in [0.29, 0.717) is 12.4 Å². The lowest BCUT2D eigenvalue weighted by Crippen LogP contribution is -2.37. The van der Waals surface area contributed by atoms with Crippen LogP contribution in [-0.2, 0) is 16.2 Å². The number of hydrogen-bond acceptors (Lipinski definition) is 4. The standard InChI is InChI=1S/C16H24F3N3O2S/c1-11(2)25(23,24)21-9-12-3-6-14(7-4-12)22-15-8-5-13(10-20-15)16(17,18)19/h5,8,10-12,14,21H,3-4,6-7,9H2,1-2H3,(H,20,22). The summed E-state index contributed by atoms with van der Waals surface area (Å²) in [7, 11) is -3.24. The van der Waals surface area contributed by atoms with Crippen molar-refractivity contribution in [3.63, 3.8) is 0 Å². The Bertz CT molecular complexity index is 652. The molecule has 0 saturated heterocycles. The quantitative estimate of drug-likeness (QED) is 0.795. The zero-order valence-electron chi connectivity index (χ0n) is 14.3. The lowest BCUT2D eigenvalue weighted by molar-refractivity contribution is -0.137. The van der Waals surface area contributed by atoms with E-state index in [4.69, 9.17) is 0 Å². The van der Waals surface area contributed by atoms with Crippen molar-refractivity contribution < 1.29 is 21.6 Å². The van der Waals surface area contributed by atoms with E-state index in [0.717, 1.165) is 37.9 Å². The molecular weight excluding hydrogens is 355 g/mol. The Labute approximate surface area is 146 Å². The SMILES string of the molecule is CC(C)S(=O)(=O)NCC1CCC(Nc2ccc(C(F)(F)F)cn2)CC1. The number of nitrogens with one attached hydrogen (secondary N) is 2. The minimum absolute atomic E-state index is 0.141. The van der Waals surface area contributed by atoms with Crippen molar-refractivity contribution in [1.29, 1.82) is 0 Å². The van der Waals surface area contributed by atoms with E-state index in [2.05, 4.69) is 15.0 Å². The van der Waals surface area contributed by atoms with E-state index in [1.165, 1.54) is 6.07 Å². The third kappa shape index (κ3) is 5.85. The second kappa shape index (κ2) is 7.90. The maximum absolute atomic E-state index is 12.5. The van der Waals surface area contributed by atoms with Crippen LogP contribution in [0.5, 0.6) is 0 Å². The lowest BCUT2D eigenvalue weighted by Gasteiger charge is -2.29. The Kier molecular flexibility index (Phi) is 6.31. The van der Waals surface area contributed by atoms with Gasteiger partial charge < -0.3 is 5.32 Å². The molecule has 1 fully saturated rings. The maximum atomic E-state index is 12.5. The molecule has 0 bridgehead atoms. The Balaban J connectivity index is 1.79. The van der Waals surface area contributed by atoms with Gasteiger partial charge in [0.1, 0.15) is 5.82 Å². The fourth-order valence-corrected chi connectivity index (χ4v) is 3.57. The van der Waals surface area contributed by atoms with Crippen LogP contribution in [0.3, 0.4) is 0 Å². The minimum Gasteiger partial charge on any atom is -0.367 e. The zero-order chi connectivity index (χ0) is 18.7. The van der Waals surface area contributed by atoms with Gasteiger partial charge in [0.2, 0.25) is 10.0 Å². The number of hydrogen-bond donors (Lipinski definition) is 2. The largest absolute Gasteiger partial charge is 0.417 e. The molecule has 9 heteroatoms. The molecule has 0 radical (unpaired) electrons. The number of alkyl halides is 3. The van der Waals surface area contributed by atoms with E-state index >= 15 is 0 Å². The summed E-state index contributed by atoms with van der Waals surface area (Å²) in [5, 5.41) is 2.71. The monoisotopic (exact) mass is 379 g/mol. The summed E-state index contributed by atoms with van der Waals surface area (Å²) in [6.45, 7) is 3.71. The first kappa shape index (κ1) is 20.0. The molecule has 25 heavy (non-hydrogen) atoms. The lowest BCUT2D eigenvalue weighted by atomic mass is 9.86. The van der Waals surface area contributed by atoms with Gasteiger partial charge >= 0.3 is 6.18 Å². The molecule has 0 unspecified atom stereocenters. The second-order valence-electron chi connectivity index (χ2n) is 6.73. The van der Waals surface area contributed by atoms with Gasteiger partial charge in [-0.2, -0.15) is 13.2 Å². The van der Waals surface area contributed by atoms with Crippen molar-refractivity contribution in [2.24, 2.45) is 5.92 Å². The maximum Gasteiger partial charge on any atom is 0.417 e. The van der Waals surface area contributed by atoms with Gasteiger partial charge in [-0.05, 0) is 57.6 Å². The molecule has 5 nitrogen and oxygen atoms in total. The van der Waals surface area contributed by atoms with Gasteiger partial charge in [-0.25, -0.2) is 18.1 Å². The van der Waals surface area contributed by atoms with E-state index in [-0.39, 0.29) is 12.0 Å². The number of sulfonamides is 1. The van der Waals surface area contributed by atoms with Crippen LogP contribution in [0.15, 0.2) is 18.3 Å². The predicted molar refractivity (Wildman–Crippen MR) is 90.7 cm³/mol. The molecule has 1 aliphatic rings. The molecule has 142 valence electrons. The molecule has 0 amide bonds. The number of halogens is 3. The summed E-state index contributed by atoms with van der Waals surface area (Å²) in [6, 6.07) is 2.50. The Hall–Kier alpha value is -1.35. The van der Waals surface area contributed by atoms with Gasteiger partial charge in [0.25, 0.3) is 0 Å². The van der Waals surface area contributed by atoms with E-state index in [9.17, 15) is 21.6 Å². The van der Waals surface area contributed by atoms with Crippen molar-refractivity contribution in [1.82, 2.24) is 9.71 Å². The molecular formula is C16H24F3N3O2S. The molecule has 0 atom stereocenters. The minimum atomic E-state index is -4.38. The third-order valence-electron chi connectivity index (χ3n) is 4.48. The number of pyridine rings is 1.